The van der Waals surface area contributed by atoms with E-state index in [0.717, 1.165) is 5.56 Å². The number of nitrogens with zero attached hydrogens (tertiary/aromatic N) is 6. The number of nitrogens with one attached hydrogen (secondary N) is 1. The number of aryl methyl sites for hydroxylation is 2. The topological polar surface area (TPSA) is 98.1 Å². The van der Waals surface area contributed by atoms with Gasteiger partial charge in [-0.3, -0.25) is 14.5 Å². The predicted octanol–water partition coefficient (Wildman–Crippen LogP) is 3.55. The number of hydrogen-bond donors (Lipinski definition) is 1. The van der Waals surface area contributed by atoms with Crippen LogP contribution >= 0.6 is 0 Å². The summed E-state index contributed by atoms with van der Waals surface area (Å²) in [5.41, 5.74) is 3.40. The van der Waals surface area contributed by atoms with Crippen LogP contribution in [0.2, 0.25) is 0 Å². The highest BCUT2D eigenvalue weighted by atomic mass is 19.1. The standard InChI is InChI=1S/C25H26FN7O2/c1-4-15-9-18(35-3)10-21(24(15)26)33(14-17-5-8-23(34)29-17)22-7-6-19-25(31-22)30-20(12-27-19)16-11-28-32(2)13-16/h6-7,9-13,17H,4-5,8,14H2,1-3H3,(H,29,34). The van der Waals surface area contributed by atoms with Gasteiger partial charge < -0.3 is 15.0 Å². The zero-order valence-electron chi connectivity index (χ0n) is 19.8. The summed E-state index contributed by atoms with van der Waals surface area (Å²) in [6, 6.07) is 6.84. The van der Waals surface area contributed by atoms with Gasteiger partial charge in [0.05, 0.1) is 30.9 Å². The third kappa shape index (κ3) is 4.51. The van der Waals surface area contributed by atoms with E-state index >= 15 is 4.39 Å². The van der Waals surface area contributed by atoms with Crippen LogP contribution in [0.1, 0.15) is 25.3 Å². The molecule has 5 rings (SSSR count). The van der Waals surface area contributed by atoms with Gasteiger partial charge >= 0.3 is 0 Å². The second-order valence-corrected chi connectivity index (χ2v) is 8.56. The van der Waals surface area contributed by atoms with Gasteiger partial charge in [-0.15, -0.1) is 0 Å². The fourth-order valence-electron chi connectivity index (χ4n) is 4.29. The van der Waals surface area contributed by atoms with Gasteiger partial charge in [-0.25, -0.2) is 14.4 Å². The highest BCUT2D eigenvalue weighted by molar-refractivity contribution is 5.79. The highest BCUT2D eigenvalue weighted by Gasteiger charge is 2.27. The van der Waals surface area contributed by atoms with E-state index in [2.05, 4.69) is 20.4 Å². The Morgan fingerprint density at radius 1 is 1.26 bits per heavy atom. The number of ether oxygens (including phenoxy) is 1. The monoisotopic (exact) mass is 475 g/mol. The molecule has 10 heteroatoms. The number of carbonyl (C=O) groups is 1. The lowest BCUT2D eigenvalue weighted by molar-refractivity contribution is -0.119. The van der Waals surface area contributed by atoms with Crippen molar-refractivity contribution in [3.05, 3.63) is 54.2 Å². The predicted molar refractivity (Wildman–Crippen MR) is 130 cm³/mol. The average Bonchev–Trinajstić information content (AvgIpc) is 3.50. The molecule has 3 aromatic heterocycles. The van der Waals surface area contributed by atoms with E-state index < -0.39 is 0 Å². The van der Waals surface area contributed by atoms with Crippen molar-refractivity contribution in [2.45, 2.75) is 32.2 Å². The first kappa shape index (κ1) is 22.7. The normalized spacial score (nSPS) is 15.4. The largest absolute Gasteiger partial charge is 0.497 e. The second-order valence-electron chi connectivity index (χ2n) is 8.56. The van der Waals surface area contributed by atoms with Gasteiger partial charge in [-0.2, -0.15) is 5.10 Å². The molecule has 1 atom stereocenters. The van der Waals surface area contributed by atoms with Gasteiger partial charge in [0, 0.05) is 43.9 Å². The van der Waals surface area contributed by atoms with Crippen molar-refractivity contribution >= 4 is 28.6 Å². The summed E-state index contributed by atoms with van der Waals surface area (Å²) in [6.45, 7) is 2.25. The molecule has 0 spiro atoms. The Morgan fingerprint density at radius 3 is 2.80 bits per heavy atom. The Hall–Kier alpha value is -4.08. The maximum absolute atomic E-state index is 15.6. The number of amides is 1. The summed E-state index contributed by atoms with van der Waals surface area (Å²) in [4.78, 5) is 27.6. The third-order valence-electron chi connectivity index (χ3n) is 6.17. The number of carbonyl (C=O) groups excluding carboxylic acids is 1. The Bertz CT molecular complexity index is 1400. The molecular formula is C25H26FN7O2. The number of methoxy groups -OCH3 is 1. The summed E-state index contributed by atoms with van der Waals surface area (Å²) in [6.07, 6.45) is 6.88. The Morgan fingerprint density at radius 2 is 2.11 bits per heavy atom. The summed E-state index contributed by atoms with van der Waals surface area (Å²) in [5, 5.41) is 7.17. The van der Waals surface area contributed by atoms with Crippen LogP contribution in [-0.4, -0.2) is 50.3 Å². The summed E-state index contributed by atoms with van der Waals surface area (Å²) in [7, 11) is 3.39. The van der Waals surface area contributed by atoms with Gasteiger partial charge in [0.2, 0.25) is 5.91 Å². The summed E-state index contributed by atoms with van der Waals surface area (Å²) >= 11 is 0. The molecule has 1 unspecified atom stereocenters. The highest BCUT2D eigenvalue weighted by Crippen LogP contribution is 2.34. The quantitative estimate of drug-likeness (QED) is 0.436. The number of benzene rings is 1. The minimum absolute atomic E-state index is 0.00578. The van der Waals surface area contributed by atoms with E-state index in [0.29, 0.717) is 65.5 Å². The molecule has 9 nitrogen and oxygen atoms in total. The van der Waals surface area contributed by atoms with Gasteiger partial charge in [-0.05, 0) is 36.6 Å². The SMILES string of the molecule is CCc1cc(OC)cc(N(CC2CCC(=O)N2)c2ccc3ncc(-c4cnn(C)c4)nc3n2)c1F. The molecule has 35 heavy (non-hydrogen) atoms. The van der Waals surface area contributed by atoms with Crippen molar-refractivity contribution in [1.82, 2.24) is 30.0 Å². The van der Waals surface area contributed by atoms with E-state index in [4.69, 9.17) is 9.72 Å². The lowest BCUT2D eigenvalue weighted by Gasteiger charge is -2.28. The van der Waals surface area contributed by atoms with E-state index in [1.54, 1.807) is 47.3 Å². The Balaban J connectivity index is 1.61. The van der Waals surface area contributed by atoms with E-state index in [1.165, 1.54) is 0 Å². The average molecular weight is 476 g/mol. The number of anilines is 2. The summed E-state index contributed by atoms with van der Waals surface area (Å²) in [5.74, 6) is 0.715. The van der Waals surface area contributed by atoms with Crippen molar-refractivity contribution in [2.75, 3.05) is 18.6 Å². The van der Waals surface area contributed by atoms with Gasteiger partial charge in [0.1, 0.15) is 22.9 Å². The van der Waals surface area contributed by atoms with Gasteiger partial charge in [0.15, 0.2) is 5.65 Å². The van der Waals surface area contributed by atoms with Crippen molar-refractivity contribution in [3.8, 4) is 17.0 Å². The van der Waals surface area contributed by atoms with Crippen molar-refractivity contribution in [1.29, 1.82) is 0 Å². The van der Waals surface area contributed by atoms with Crippen LogP contribution in [0.15, 0.2) is 42.9 Å². The molecule has 0 bridgehead atoms. The molecule has 1 saturated heterocycles. The lowest BCUT2D eigenvalue weighted by atomic mass is 10.1. The molecule has 0 saturated carbocycles. The van der Waals surface area contributed by atoms with Crippen LogP contribution in [0.3, 0.4) is 0 Å². The van der Waals surface area contributed by atoms with E-state index in [-0.39, 0.29) is 17.8 Å². The maximum Gasteiger partial charge on any atom is 0.220 e. The molecule has 1 aromatic carbocycles. The molecule has 0 aliphatic carbocycles. The smallest absolute Gasteiger partial charge is 0.220 e. The molecule has 1 N–H and O–H groups in total. The summed E-state index contributed by atoms with van der Waals surface area (Å²) < 4.78 is 22.8. The molecule has 1 aliphatic heterocycles. The Kier molecular flexibility index (Phi) is 6.02. The Labute approximate surface area is 202 Å². The number of hydrogen-bond acceptors (Lipinski definition) is 7. The van der Waals surface area contributed by atoms with Crippen molar-refractivity contribution in [2.24, 2.45) is 7.05 Å². The first-order valence-corrected chi connectivity index (χ1v) is 11.5. The number of pyridine rings is 1. The van der Waals surface area contributed by atoms with E-state index in [1.807, 2.05) is 26.2 Å². The van der Waals surface area contributed by atoms with Crippen LogP contribution in [0.25, 0.3) is 22.4 Å². The molecule has 180 valence electrons. The molecule has 4 aromatic rings. The first-order valence-electron chi connectivity index (χ1n) is 11.5. The van der Waals surface area contributed by atoms with Gasteiger partial charge in [0.25, 0.3) is 0 Å². The number of fused-ring (bicyclic) bond motifs is 1. The number of halogens is 1. The van der Waals surface area contributed by atoms with Crippen LogP contribution in [0.5, 0.6) is 5.75 Å². The minimum Gasteiger partial charge on any atom is -0.497 e. The molecule has 1 aliphatic rings. The third-order valence-corrected chi connectivity index (χ3v) is 6.17. The number of aromatic nitrogens is 5. The molecule has 4 heterocycles. The van der Waals surface area contributed by atoms with E-state index in [9.17, 15) is 4.79 Å². The molecule has 0 radical (unpaired) electrons. The number of rotatable bonds is 7. The minimum atomic E-state index is -0.338. The molecule has 1 fully saturated rings. The fourth-order valence-corrected chi connectivity index (χ4v) is 4.29. The lowest BCUT2D eigenvalue weighted by Crippen LogP contribution is -2.37. The fraction of sp³-hybridized carbons (Fsp3) is 0.320. The van der Waals surface area contributed by atoms with Crippen molar-refractivity contribution < 1.29 is 13.9 Å². The molecular weight excluding hydrogens is 449 g/mol. The second kappa shape index (κ2) is 9.28. The molecule has 1 amide bonds. The zero-order chi connectivity index (χ0) is 24.5. The zero-order valence-corrected chi connectivity index (χ0v) is 19.8. The van der Waals surface area contributed by atoms with Crippen LogP contribution in [-0.2, 0) is 18.3 Å². The van der Waals surface area contributed by atoms with Crippen molar-refractivity contribution in [3.63, 3.8) is 0 Å². The first-order chi connectivity index (χ1) is 16.9. The van der Waals surface area contributed by atoms with Crippen LogP contribution in [0, 0.1) is 5.82 Å². The van der Waals surface area contributed by atoms with Gasteiger partial charge in [-0.1, -0.05) is 6.92 Å². The van der Waals surface area contributed by atoms with Crippen LogP contribution < -0.4 is 15.0 Å². The van der Waals surface area contributed by atoms with Crippen LogP contribution in [0.4, 0.5) is 15.9 Å². The maximum atomic E-state index is 15.6.